The Bertz CT molecular complexity index is 1630. The summed E-state index contributed by atoms with van der Waals surface area (Å²) in [4.78, 5) is 2.43. The molecule has 1 aliphatic heterocycles. The average Bonchev–Trinajstić information content (AvgIpc) is 3.21. The summed E-state index contributed by atoms with van der Waals surface area (Å²) >= 11 is 7.97. The Morgan fingerprint density at radius 3 is 1.39 bits per heavy atom. The lowest BCUT2D eigenvalue weighted by Crippen LogP contribution is -2.36. The Kier molecular flexibility index (Phi) is 5.31. The first-order chi connectivity index (χ1) is 18.3. The Morgan fingerprint density at radius 1 is 0.553 bits per heavy atom. The van der Waals surface area contributed by atoms with Gasteiger partial charge in [0.05, 0.1) is 22.5 Å². The van der Waals surface area contributed by atoms with E-state index in [4.69, 9.17) is 0 Å². The first-order valence-electron chi connectivity index (χ1n) is 13.0. The molecule has 0 saturated heterocycles. The molecule has 1 heterocycles. The second-order valence-corrected chi connectivity index (χ2v) is 13.0. The van der Waals surface area contributed by atoms with Gasteiger partial charge in [-0.25, -0.2) is 0 Å². The number of rotatable bonds is 1. The summed E-state index contributed by atoms with van der Waals surface area (Å²) in [6.07, 6.45) is 0. The number of hydrogen-bond donors (Lipinski definition) is 0. The quantitative estimate of drug-likeness (QED) is 0.176. The van der Waals surface area contributed by atoms with Crippen molar-refractivity contribution in [2.45, 2.75) is 31.6 Å². The number of hydrogen-bond acceptors (Lipinski definition) is 1. The number of benzene rings is 5. The van der Waals surface area contributed by atoms with Gasteiger partial charge in [-0.2, -0.15) is 0 Å². The highest BCUT2D eigenvalue weighted by Gasteiger charge is 2.51. The molecule has 186 valence electrons. The fourth-order valence-electron chi connectivity index (χ4n) is 6.51. The summed E-state index contributed by atoms with van der Waals surface area (Å²) in [5, 5.41) is 0. The molecule has 0 N–H and O–H groups in total. The van der Waals surface area contributed by atoms with Gasteiger partial charge in [-0.15, -0.1) is 0 Å². The van der Waals surface area contributed by atoms with Crippen molar-refractivity contribution in [1.82, 2.24) is 0 Å². The first-order valence-corrected chi connectivity index (χ1v) is 14.6. The molecule has 0 fully saturated rings. The van der Waals surface area contributed by atoms with Crippen LogP contribution in [-0.2, 0) is 10.8 Å². The second-order valence-electron chi connectivity index (χ2n) is 11.2. The zero-order chi connectivity index (χ0) is 26.2. The number of para-hydroxylation sites is 2. The molecule has 0 amide bonds. The van der Waals surface area contributed by atoms with Gasteiger partial charge in [-0.1, -0.05) is 106 Å². The molecule has 38 heavy (non-hydrogen) atoms. The largest absolute Gasteiger partial charge is 0.308 e. The summed E-state index contributed by atoms with van der Waals surface area (Å²) in [6, 6.07) is 40.3. The van der Waals surface area contributed by atoms with Crippen LogP contribution in [0.2, 0.25) is 0 Å². The van der Waals surface area contributed by atoms with Crippen LogP contribution in [0.5, 0.6) is 0 Å². The third-order valence-electron chi connectivity index (χ3n) is 8.16. The van der Waals surface area contributed by atoms with Gasteiger partial charge >= 0.3 is 0 Å². The minimum atomic E-state index is -0.388. The van der Waals surface area contributed by atoms with Crippen LogP contribution in [0.25, 0.3) is 11.1 Å². The van der Waals surface area contributed by atoms with E-state index in [9.17, 15) is 0 Å². The molecule has 0 atom stereocenters. The minimum absolute atomic E-state index is 0.0443. The molecule has 0 unspecified atom stereocenters. The van der Waals surface area contributed by atoms with Gasteiger partial charge in [-0.05, 0) is 100 Å². The van der Waals surface area contributed by atoms with Crippen LogP contribution in [0.15, 0.2) is 118 Å². The fourth-order valence-corrected chi connectivity index (χ4v) is 8.06. The Labute approximate surface area is 241 Å². The van der Waals surface area contributed by atoms with Gasteiger partial charge in [0.2, 0.25) is 0 Å². The number of halogens is 2. The molecule has 3 heteroatoms. The van der Waals surface area contributed by atoms with E-state index in [1.54, 1.807) is 0 Å². The SMILES string of the molecule is CC(C)(C)c1cc(Br)c(N2c3ccccc3C3(c4ccccc4-c4ccccc43)c3ccccc32)c(Br)c1. The Hall–Kier alpha value is -3.14. The molecule has 2 aliphatic rings. The van der Waals surface area contributed by atoms with E-state index in [-0.39, 0.29) is 10.8 Å². The lowest BCUT2D eigenvalue weighted by Gasteiger charge is -2.45. The maximum Gasteiger partial charge on any atom is 0.0754 e. The molecule has 5 aromatic carbocycles. The minimum Gasteiger partial charge on any atom is -0.308 e. The lowest BCUT2D eigenvalue weighted by molar-refractivity contribution is 0.589. The maximum atomic E-state index is 3.98. The van der Waals surface area contributed by atoms with Crippen molar-refractivity contribution in [3.05, 3.63) is 146 Å². The highest BCUT2D eigenvalue weighted by molar-refractivity contribution is 9.11. The van der Waals surface area contributed by atoms with Crippen molar-refractivity contribution in [3.8, 4) is 11.1 Å². The molecule has 0 aromatic heterocycles. The van der Waals surface area contributed by atoms with Crippen molar-refractivity contribution in [2.75, 3.05) is 4.90 Å². The fraction of sp³-hybridized carbons (Fsp3) is 0.143. The Balaban J connectivity index is 1.60. The smallest absolute Gasteiger partial charge is 0.0754 e. The molecule has 7 rings (SSSR count). The summed E-state index contributed by atoms with van der Waals surface area (Å²) in [5.41, 5.74) is 12.4. The van der Waals surface area contributed by atoms with Crippen molar-refractivity contribution in [2.24, 2.45) is 0 Å². The van der Waals surface area contributed by atoms with Crippen molar-refractivity contribution in [1.29, 1.82) is 0 Å². The van der Waals surface area contributed by atoms with Crippen LogP contribution in [0.1, 0.15) is 48.6 Å². The van der Waals surface area contributed by atoms with Gasteiger partial charge in [-0.3, -0.25) is 0 Å². The molecule has 0 radical (unpaired) electrons. The zero-order valence-corrected chi connectivity index (χ0v) is 24.8. The van der Waals surface area contributed by atoms with E-state index < -0.39 is 0 Å². The Morgan fingerprint density at radius 2 is 0.947 bits per heavy atom. The van der Waals surface area contributed by atoms with Gasteiger partial charge in [0.1, 0.15) is 0 Å². The molecule has 1 aliphatic carbocycles. The number of nitrogens with zero attached hydrogens (tertiary/aromatic N) is 1. The van der Waals surface area contributed by atoms with Gasteiger partial charge < -0.3 is 4.90 Å². The summed E-state index contributed by atoms with van der Waals surface area (Å²) < 4.78 is 2.15. The highest BCUT2D eigenvalue weighted by Crippen LogP contribution is 2.64. The van der Waals surface area contributed by atoms with Crippen molar-refractivity contribution >= 4 is 48.9 Å². The first kappa shape index (κ1) is 23.9. The lowest BCUT2D eigenvalue weighted by atomic mass is 9.64. The van der Waals surface area contributed by atoms with Crippen LogP contribution < -0.4 is 4.90 Å². The monoisotopic (exact) mass is 619 g/mol. The van der Waals surface area contributed by atoms with Crippen molar-refractivity contribution in [3.63, 3.8) is 0 Å². The maximum absolute atomic E-state index is 3.98. The van der Waals surface area contributed by atoms with Gasteiger partial charge in [0, 0.05) is 8.95 Å². The van der Waals surface area contributed by atoms with E-state index in [1.165, 1.54) is 50.3 Å². The highest BCUT2D eigenvalue weighted by atomic mass is 79.9. The van der Waals surface area contributed by atoms with Crippen LogP contribution in [0, 0.1) is 0 Å². The van der Waals surface area contributed by atoms with Gasteiger partial charge in [0.15, 0.2) is 0 Å². The number of anilines is 3. The van der Waals surface area contributed by atoms with E-state index in [1.807, 2.05) is 0 Å². The normalized spacial score (nSPS) is 14.6. The molecular weight excluding hydrogens is 594 g/mol. The van der Waals surface area contributed by atoms with Crippen LogP contribution in [0.3, 0.4) is 0 Å². The molecule has 5 aromatic rings. The molecule has 1 spiro atoms. The van der Waals surface area contributed by atoms with Crippen LogP contribution in [-0.4, -0.2) is 0 Å². The second kappa shape index (κ2) is 8.43. The summed E-state index contributed by atoms with van der Waals surface area (Å²) in [7, 11) is 0. The van der Waals surface area contributed by atoms with E-state index in [0.717, 1.165) is 14.6 Å². The standard InChI is InChI=1S/C35H27Br2N/c1-34(2,3)22-20-29(36)33(30(37)21-22)38-31-18-10-8-16-27(31)35(28-17-9-11-19-32(28)38)25-14-6-4-12-23(25)24-13-5-7-15-26(24)35/h4-21H,1-3H3. The number of fused-ring (bicyclic) bond motifs is 9. The van der Waals surface area contributed by atoms with E-state index in [0.29, 0.717) is 0 Å². The third kappa shape index (κ3) is 3.15. The molecular formula is C35H27Br2N. The summed E-state index contributed by atoms with van der Waals surface area (Å²) in [6.45, 7) is 6.77. The van der Waals surface area contributed by atoms with E-state index >= 15 is 0 Å². The van der Waals surface area contributed by atoms with Gasteiger partial charge in [0.25, 0.3) is 0 Å². The molecule has 0 saturated carbocycles. The van der Waals surface area contributed by atoms with Crippen LogP contribution >= 0.6 is 31.9 Å². The topological polar surface area (TPSA) is 3.24 Å². The van der Waals surface area contributed by atoms with Crippen molar-refractivity contribution < 1.29 is 0 Å². The zero-order valence-electron chi connectivity index (χ0n) is 21.6. The predicted octanol–water partition coefficient (Wildman–Crippen LogP) is 10.7. The summed E-state index contributed by atoms with van der Waals surface area (Å²) in [5.74, 6) is 0. The predicted molar refractivity (Wildman–Crippen MR) is 166 cm³/mol. The average molecular weight is 621 g/mol. The van der Waals surface area contributed by atoms with Crippen LogP contribution in [0.4, 0.5) is 17.1 Å². The van der Waals surface area contributed by atoms with E-state index in [2.05, 4.69) is 167 Å². The third-order valence-corrected chi connectivity index (χ3v) is 9.37. The molecule has 0 bridgehead atoms. The molecule has 1 nitrogen and oxygen atoms in total.